The van der Waals surface area contributed by atoms with Gasteiger partial charge in [0, 0.05) is 25.5 Å². The van der Waals surface area contributed by atoms with Gasteiger partial charge in [0.1, 0.15) is 11.6 Å². The van der Waals surface area contributed by atoms with Gasteiger partial charge in [-0.05, 0) is 12.1 Å². The third-order valence-electron chi connectivity index (χ3n) is 3.47. The third kappa shape index (κ3) is 2.51. The van der Waals surface area contributed by atoms with Crippen molar-refractivity contribution in [3.8, 4) is 0 Å². The number of anilines is 1. The topological polar surface area (TPSA) is 59.2 Å². The fourth-order valence-electron chi connectivity index (χ4n) is 2.38. The van der Waals surface area contributed by atoms with Crippen LogP contribution in [0.3, 0.4) is 0 Å². The highest BCUT2D eigenvalue weighted by atomic mass is 19.1. The summed E-state index contributed by atoms with van der Waals surface area (Å²) in [5.41, 5.74) is -0.0577. The van der Waals surface area contributed by atoms with E-state index in [2.05, 4.69) is 10.1 Å². The van der Waals surface area contributed by atoms with Gasteiger partial charge in [0.15, 0.2) is 5.82 Å². The summed E-state index contributed by atoms with van der Waals surface area (Å²) in [5, 5.41) is 3.78. The van der Waals surface area contributed by atoms with Crippen molar-refractivity contribution in [1.82, 2.24) is 10.1 Å². The van der Waals surface area contributed by atoms with E-state index in [1.165, 1.54) is 4.90 Å². The smallest absolute Gasteiger partial charge is 0.232 e. The second-order valence-electron chi connectivity index (χ2n) is 4.90. The Morgan fingerprint density at radius 1 is 1.43 bits per heavy atom. The van der Waals surface area contributed by atoms with Crippen LogP contribution < -0.4 is 4.90 Å². The Morgan fingerprint density at radius 2 is 2.24 bits per heavy atom. The molecule has 1 unspecified atom stereocenters. The molecule has 0 bridgehead atoms. The Balaban J connectivity index is 1.86. The Labute approximate surface area is 119 Å². The number of amides is 1. The molecule has 7 heteroatoms. The van der Waals surface area contributed by atoms with Gasteiger partial charge in [-0.1, -0.05) is 12.1 Å². The summed E-state index contributed by atoms with van der Waals surface area (Å²) in [5.74, 6) is -0.889. The number of nitrogens with zero attached hydrogens (tertiary/aromatic N) is 3. The first-order chi connectivity index (χ1) is 10.1. The highest BCUT2D eigenvalue weighted by molar-refractivity contribution is 5.96. The molecule has 0 radical (unpaired) electrons. The van der Waals surface area contributed by atoms with Crippen LogP contribution in [0.2, 0.25) is 0 Å². The SMILES string of the molecule is CCc1noc(C2CC(=O)N(c3cc(F)ccc3F)C2)n1. The maximum Gasteiger partial charge on any atom is 0.232 e. The highest BCUT2D eigenvalue weighted by Gasteiger charge is 2.36. The average molecular weight is 293 g/mol. The predicted octanol–water partition coefficient (Wildman–Crippen LogP) is 2.43. The van der Waals surface area contributed by atoms with Crippen LogP contribution >= 0.6 is 0 Å². The van der Waals surface area contributed by atoms with E-state index in [1.807, 2.05) is 6.92 Å². The van der Waals surface area contributed by atoms with Gasteiger partial charge in [0.2, 0.25) is 11.8 Å². The Hall–Kier alpha value is -2.31. The number of aromatic nitrogens is 2. The van der Waals surface area contributed by atoms with Crippen molar-refractivity contribution in [2.24, 2.45) is 0 Å². The largest absolute Gasteiger partial charge is 0.339 e. The van der Waals surface area contributed by atoms with Crippen molar-refractivity contribution in [3.05, 3.63) is 41.5 Å². The molecule has 1 amide bonds. The molecule has 21 heavy (non-hydrogen) atoms. The molecule has 2 heterocycles. The van der Waals surface area contributed by atoms with Gasteiger partial charge in [-0.25, -0.2) is 8.78 Å². The van der Waals surface area contributed by atoms with Crippen LogP contribution in [-0.2, 0) is 11.2 Å². The average Bonchev–Trinajstić information content (AvgIpc) is 3.08. The summed E-state index contributed by atoms with van der Waals surface area (Å²) < 4.78 is 32.1. The summed E-state index contributed by atoms with van der Waals surface area (Å²) in [6, 6.07) is 3.04. The molecule has 3 rings (SSSR count). The number of carbonyl (C=O) groups is 1. The maximum absolute atomic E-state index is 13.8. The minimum atomic E-state index is -0.634. The van der Waals surface area contributed by atoms with Gasteiger partial charge in [-0.15, -0.1) is 0 Å². The van der Waals surface area contributed by atoms with Crippen LogP contribution in [0.4, 0.5) is 14.5 Å². The number of benzene rings is 1. The maximum atomic E-state index is 13.8. The van der Waals surface area contributed by atoms with Gasteiger partial charge in [-0.3, -0.25) is 4.79 Å². The zero-order valence-electron chi connectivity index (χ0n) is 11.3. The Kier molecular flexibility index (Phi) is 3.40. The highest BCUT2D eigenvalue weighted by Crippen LogP contribution is 2.32. The first kappa shape index (κ1) is 13.7. The van der Waals surface area contributed by atoms with Crippen LogP contribution in [0.1, 0.15) is 31.0 Å². The van der Waals surface area contributed by atoms with E-state index in [0.29, 0.717) is 18.1 Å². The molecule has 5 nitrogen and oxygen atoms in total. The van der Waals surface area contributed by atoms with Crippen LogP contribution in [0.5, 0.6) is 0 Å². The lowest BCUT2D eigenvalue weighted by Gasteiger charge is -2.16. The molecule has 1 fully saturated rings. The van der Waals surface area contributed by atoms with E-state index >= 15 is 0 Å². The van der Waals surface area contributed by atoms with Gasteiger partial charge in [0.05, 0.1) is 11.6 Å². The molecule has 1 aromatic carbocycles. The standard InChI is InChI=1S/C14H13F2N3O2/c1-2-12-17-14(21-18-12)8-5-13(20)19(7-8)11-6-9(15)3-4-10(11)16/h3-4,6,8H,2,5,7H2,1H3. The van der Waals surface area contributed by atoms with Crippen molar-refractivity contribution >= 4 is 11.6 Å². The predicted molar refractivity (Wildman–Crippen MR) is 69.7 cm³/mol. The molecule has 0 N–H and O–H groups in total. The molecule has 1 saturated heterocycles. The second-order valence-corrected chi connectivity index (χ2v) is 4.90. The molecule has 0 saturated carbocycles. The Morgan fingerprint density at radius 3 is 2.95 bits per heavy atom. The summed E-state index contributed by atoms with van der Waals surface area (Å²) in [7, 11) is 0. The number of carbonyl (C=O) groups excluding carboxylic acids is 1. The third-order valence-corrected chi connectivity index (χ3v) is 3.47. The van der Waals surface area contributed by atoms with Crippen LogP contribution in [0.25, 0.3) is 0 Å². The first-order valence-corrected chi connectivity index (χ1v) is 6.66. The zero-order chi connectivity index (χ0) is 15.0. The summed E-state index contributed by atoms with van der Waals surface area (Å²) in [6.45, 7) is 2.09. The number of aryl methyl sites for hydroxylation is 1. The van der Waals surface area contributed by atoms with Crippen LogP contribution in [0.15, 0.2) is 22.7 Å². The molecular formula is C14H13F2N3O2. The molecule has 1 aliphatic heterocycles. The van der Waals surface area contributed by atoms with Crippen LogP contribution in [0, 0.1) is 11.6 Å². The van der Waals surface area contributed by atoms with Crippen LogP contribution in [-0.4, -0.2) is 22.6 Å². The van der Waals surface area contributed by atoms with Crippen molar-refractivity contribution in [1.29, 1.82) is 0 Å². The molecule has 1 atom stereocenters. The number of rotatable bonds is 3. The first-order valence-electron chi connectivity index (χ1n) is 6.66. The molecule has 2 aromatic rings. The minimum absolute atomic E-state index is 0.0577. The van der Waals surface area contributed by atoms with Crippen molar-refractivity contribution in [2.45, 2.75) is 25.7 Å². The second kappa shape index (κ2) is 5.23. The number of hydrogen-bond acceptors (Lipinski definition) is 4. The lowest BCUT2D eigenvalue weighted by atomic mass is 10.1. The van der Waals surface area contributed by atoms with Gasteiger partial charge in [0.25, 0.3) is 0 Å². The molecule has 1 aromatic heterocycles. The van der Waals surface area contributed by atoms with Gasteiger partial charge < -0.3 is 9.42 Å². The summed E-state index contributed by atoms with van der Waals surface area (Å²) in [6.07, 6.45) is 0.772. The monoisotopic (exact) mass is 293 g/mol. The van der Waals surface area contributed by atoms with E-state index in [0.717, 1.165) is 18.2 Å². The molecule has 110 valence electrons. The lowest BCUT2D eigenvalue weighted by Crippen LogP contribution is -2.25. The van der Waals surface area contributed by atoms with E-state index in [-0.39, 0.29) is 30.5 Å². The number of halogens is 2. The fraction of sp³-hybridized carbons (Fsp3) is 0.357. The van der Waals surface area contributed by atoms with E-state index in [1.54, 1.807) is 0 Å². The minimum Gasteiger partial charge on any atom is -0.339 e. The molecular weight excluding hydrogens is 280 g/mol. The molecule has 0 aliphatic carbocycles. The van der Waals surface area contributed by atoms with Gasteiger partial charge in [-0.2, -0.15) is 4.98 Å². The molecule has 0 spiro atoms. The summed E-state index contributed by atoms with van der Waals surface area (Å²) in [4.78, 5) is 17.5. The Bertz CT molecular complexity index is 687. The van der Waals surface area contributed by atoms with Crippen molar-refractivity contribution < 1.29 is 18.1 Å². The zero-order valence-corrected chi connectivity index (χ0v) is 11.3. The normalized spacial score (nSPS) is 18.5. The number of hydrogen-bond donors (Lipinski definition) is 0. The summed E-state index contributed by atoms with van der Waals surface area (Å²) >= 11 is 0. The lowest BCUT2D eigenvalue weighted by molar-refractivity contribution is -0.117. The fourth-order valence-corrected chi connectivity index (χ4v) is 2.38. The quantitative estimate of drug-likeness (QED) is 0.872. The van der Waals surface area contributed by atoms with Crippen molar-refractivity contribution in [2.75, 3.05) is 11.4 Å². The molecule has 1 aliphatic rings. The van der Waals surface area contributed by atoms with E-state index in [9.17, 15) is 13.6 Å². The van der Waals surface area contributed by atoms with E-state index in [4.69, 9.17) is 4.52 Å². The van der Waals surface area contributed by atoms with Crippen molar-refractivity contribution in [3.63, 3.8) is 0 Å². The van der Waals surface area contributed by atoms with E-state index < -0.39 is 11.6 Å². The van der Waals surface area contributed by atoms with Gasteiger partial charge >= 0.3 is 0 Å².